The molecule has 1 heterocycles. The van der Waals surface area contributed by atoms with Crippen molar-refractivity contribution in [3.8, 4) is 0 Å². The molecule has 5 nitrogen and oxygen atoms in total. The van der Waals surface area contributed by atoms with Crippen LogP contribution in [0.2, 0.25) is 0 Å². The maximum Gasteiger partial charge on any atom is 0.239 e. The van der Waals surface area contributed by atoms with Crippen LogP contribution >= 0.6 is 0 Å². The Balaban J connectivity index is 2.15. The first kappa shape index (κ1) is 15.9. The van der Waals surface area contributed by atoms with E-state index in [1.165, 1.54) is 12.1 Å². The van der Waals surface area contributed by atoms with Crippen LogP contribution in [0.15, 0.2) is 18.2 Å². The molecule has 1 aromatic carbocycles. The first-order valence-corrected chi connectivity index (χ1v) is 7.22. The highest BCUT2D eigenvalue weighted by atomic mass is 19.1. The van der Waals surface area contributed by atoms with Gasteiger partial charge in [0.25, 0.3) is 0 Å². The number of carbonyl (C=O) groups is 1. The minimum atomic E-state index is -0.340. The van der Waals surface area contributed by atoms with Gasteiger partial charge in [0.1, 0.15) is 11.9 Å². The SMILES string of the molecule is CCNC(=O)C1COCCN1Cc1cc(F)ccc1CN. The number of rotatable bonds is 5. The number of nitrogens with zero attached hydrogens (tertiary/aromatic N) is 1. The largest absolute Gasteiger partial charge is 0.378 e. The van der Waals surface area contributed by atoms with Gasteiger partial charge in [0, 0.05) is 26.2 Å². The van der Waals surface area contributed by atoms with Crippen molar-refractivity contribution < 1.29 is 13.9 Å². The molecule has 1 atom stereocenters. The second kappa shape index (κ2) is 7.49. The summed E-state index contributed by atoms with van der Waals surface area (Å²) in [6.07, 6.45) is 0. The highest BCUT2D eigenvalue weighted by molar-refractivity contribution is 5.81. The summed E-state index contributed by atoms with van der Waals surface area (Å²) in [6.45, 7) is 4.88. The van der Waals surface area contributed by atoms with Crippen LogP contribution in [0.5, 0.6) is 0 Å². The maximum atomic E-state index is 13.5. The molecule has 2 rings (SSSR count). The van der Waals surface area contributed by atoms with Crippen molar-refractivity contribution in [2.24, 2.45) is 5.73 Å². The summed E-state index contributed by atoms with van der Waals surface area (Å²) in [5, 5.41) is 2.81. The molecule has 1 fully saturated rings. The van der Waals surface area contributed by atoms with Gasteiger partial charge < -0.3 is 15.8 Å². The van der Waals surface area contributed by atoms with E-state index < -0.39 is 0 Å². The molecule has 0 bridgehead atoms. The zero-order chi connectivity index (χ0) is 15.2. The zero-order valence-electron chi connectivity index (χ0n) is 12.3. The van der Waals surface area contributed by atoms with Gasteiger partial charge >= 0.3 is 0 Å². The molecule has 1 unspecified atom stereocenters. The number of carbonyl (C=O) groups excluding carboxylic acids is 1. The normalized spacial score (nSPS) is 19.5. The van der Waals surface area contributed by atoms with Gasteiger partial charge in [-0.1, -0.05) is 6.07 Å². The number of likely N-dealkylation sites (N-methyl/N-ethyl adjacent to an activating group) is 1. The average Bonchev–Trinajstić information content (AvgIpc) is 2.48. The lowest BCUT2D eigenvalue weighted by atomic mass is 10.1. The fourth-order valence-electron chi connectivity index (χ4n) is 2.52. The van der Waals surface area contributed by atoms with Crippen LogP contribution in [0.1, 0.15) is 18.1 Å². The Labute approximate surface area is 124 Å². The number of halogens is 1. The first-order chi connectivity index (χ1) is 10.2. The molecule has 1 saturated heterocycles. The molecule has 0 radical (unpaired) electrons. The number of hydrogen-bond donors (Lipinski definition) is 2. The van der Waals surface area contributed by atoms with E-state index >= 15 is 0 Å². The van der Waals surface area contributed by atoms with Gasteiger partial charge in [-0.3, -0.25) is 9.69 Å². The van der Waals surface area contributed by atoms with Crippen molar-refractivity contribution >= 4 is 5.91 Å². The topological polar surface area (TPSA) is 67.6 Å². The third-order valence-electron chi connectivity index (χ3n) is 3.65. The summed E-state index contributed by atoms with van der Waals surface area (Å²) in [5.74, 6) is -0.340. The molecular formula is C15H22FN3O2. The lowest BCUT2D eigenvalue weighted by Crippen LogP contribution is -2.53. The van der Waals surface area contributed by atoms with E-state index in [0.717, 1.165) is 11.1 Å². The third-order valence-corrected chi connectivity index (χ3v) is 3.65. The van der Waals surface area contributed by atoms with E-state index in [0.29, 0.717) is 39.4 Å². The van der Waals surface area contributed by atoms with E-state index in [-0.39, 0.29) is 17.8 Å². The Morgan fingerprint density at radius 3 is 3.05 bits per heavy atom. The monoisotopic (exact) mass is 295 g/mol. The Morgan fingerprint density at radius 1 is 1.52 bits per heavy atom. The van der Waals surface area contributed by atoms with Gasteiger partial charge in [-0.25, -0.2) is 4.39 Å². The van der Waals surface area contributed by atoms with Crippen LogP contribution < -0.4 is 11.1 Å². The molecule has 6 heteroatoms. The quantitative estimate of drug-likeness (QED) is 0.836. The average molecular weight is 295 g/mol. The predicted molar refractivity (Wildman–Crippen MR) is 78.0 cm³/mol. The smallest absolute Gasteiger partial charge is 0.239 e. The van der Waals surface area contributed by atoms with E-state index in [2.05, 4.69) is 5.32 Å². The summed E-state index contributed by atoms with van der Waals surface area (Å²) in [5.41, 5.74) is 7.43. The zero-order valence-corrected chi connectivity index (χ0v) is 12.3. The van der Waals surface area contributed by atoms with E-state index in [9.17, 15) is 9.18 Å². The molecule has 1 aliphatic rings. The summed E-state index contributed by atoms with van der Waals surface area (Å²) < 4.78 is 18.8. The molecule has 0 saturated carbocycles. The molecule has 0 spiro atoms. The van der Waals surface area contributed by atoms with Crippen molar-refractivity contribution in [2.45, 2.75) is 26.1 Å². The molecule has 0 aromatic heterocycles. The number of amides is 1. The van der Waals surface area contributed by atoms with Gasteiger partial charge in [-0.15, -0.1) is 0 Å². The summed E-state index contributed by atoms with van der Waals surface area (Å²) in [6, 6.07) is 4.26. The van der Waals surface area contributed by atoms with Gasteiger partial charge in [-0.05, 0) is 30.2 Å². The molecular weight excluding hydrogens is 273 g/mol. The summed E-state index contributed by atoms with van der Waals surface area (Å²) in [7, 11) is 0. The van der Waals surface area contributed by atoms with Crippen LogP contribution in [0.3, 0.4) is 0 Å². The van der Waals surface area contributed by atoms with Crippen molar-refractivity contribution in [1.29, 1.82) is 0 Å². The van der Waals surface area contributed by atoms with Gasteiger partial charge in [0.05, 0.1) is 13.2 Å². The molecule has 116 valence electrons. The Hall–Kier alpha value is -1.50. The van der Waals surface area contributed by atoms with Gasteiger partial charge in [0.2, 0.25) is 5.91 Å². The van der Waals surface area contributed by atoms with Crippen molar-refractivity contribution in [1.82, 2.24) is 10.2 Å². The number of morpholine rings is 1. The Kier molecular flexibility index (Phi) is 5.67. The minimum Gasteiger partial charge on any atom is -0.378 e. The lowest BCUT2D eigenvalue weighted by molar-refractivity contribution is -0.132. The second-order valence-electron chi connectivity index (χ2n) is 5.07. The van der Waals surface area contributed by atoms with E-state index in [1.54, 1.807) is 6.07 Å². The van der Waals surface area contributed by atoms with E-state index in [4.69, 9.17) is 10.5 Å². The third kappa shape index (κ3) is 4.00. The standard InChI is InChI=1S/C15H22FN3O2/c1-2-18-15(20)14-10-21-6-5-19(14)9-12-7-13(16)4-3-11(12)8-17/h3-4,7,14H,2,5-6,8-10,17H2,1H3,(H,18,20). The molecule has 1 amide bonds. The van der Waals surface area contributed by atoms with E-state index in [1.807, 2.05) is 11.8 Å². The molecule has 1 aromatic rings. The van der Waals surface area contributed by atoms with Crippen LogP contribution in [0, 0.1) is 5.82 Å². The Morgan fingerprint density at radius 2 is 2.33 bits per heavy atom. The van der Waals surface area contributed by atoms with Crippen molar-refractivity contribution in [2.75, 3.05) is 26.3 Å². The van der Waals surface area contributed by atoms with Gasteiger partial charge in [0.15, 0.2) is 0 Å². The summed E-state index contributed by atoms with van der Waals surface area (Å²) in [4.78, 5) is 14.1. The number of ether oxygens (including phenoxy) is 1. The van der Waals surface area contributed by atoms with Crippen LogP contribution in [-0.2, 0) is 22.6 Å². The fourth-order valence-corrected chi connectivity index (χ4v) is 2.52. The van der Waals surface area contributed by atoms with Gasteiger partial charge in [-0.2, -0.15) is 0 Å². The minimum absolute atomic E-state index is 0.0529. The van der Waals surface area contributed by atoms with Crippen molar-refractivity contribution in [3.05, 3.63) is 35.1 Å². The number of nitrogens with one attached hydrogen (secondary N) is 1. The number of benzene rings is 1. The van der Waals surface area contributed by atoms with Crippen LogP contribution in [0.4, 0.5) is 4.39 Å². The highest BCUT2D eigenvalue weighted by Gasteiger charge is 2.29. The molecule has 21 heavy (non-hydrogen) atoms. The van der Waals surface area contributed by atoms with Crippen LogP contribution in [0.25, 0.3) is 0 Å². The Bertz CT molecular complexity index is 496. The summed E-state index contributed by atoms with van der Waals surface area (Å²) >= 11 is 0. The fraction of sp³-hybridized carbons (Fsp3) is 0.533. The highest BCUT2D eigenvalue weighted by Crippen LogP contribution is 2.17. The number of nitrogens with two attached hydrogens (primary N) is 1. The second-order valence-corrected chi connectivity index (χ2v) is 5.07. The number of hydrogen-bond acceptors (Lipinski definition) is 4. The van der Waals surface area contributed by atoms with Crippen molar-refractivity contribution in [3.63, 3.8) is 0 Å². The predicted octanol–water partition coefficient (Wildman–Crippen LogP) is 0.621. The maximum absolute atomic E-state index is 13.5. The molecule has 1 aliphatic heterocycles. The first-order valence-electron chi connectivity index (χ1n) is 7.22. The molecule has 0 aliphatic carbocycles. The van der Waals surface area contributed by atoms with Crippen LogP contribution in [-0.4, -0.2) is 43.2 Å². The lowest BCUT2D eigenvalue weighted by Gasteiger charge is -2.34. The molecule has 3 N–H and O–H groups in total.